The van der Waals surface area contributed by atoms with Gasteiger partial charge in [0, 0.05) is 59.7 Å². The Balaban J connectivity index is 1.34. The fourth-order valence-electron chi connectivity index (χ4n) is 5.94. The number of imide groups is 1. The number of benzene rings is 1. The first-order chi connectivity index (χ1) is 23.0. The summed E-state index contributed by atoms with van der Waals surface area (Å²) < 4.78 is 29.0. The number of hydrogen-bond acceptors (Lipinski definition) is 9. The predicted molar refractivity (Wildman–Crippen MR) is 183 cm³/mol. The summed E-state index contributed by atoms with van der Waals surface area (Å²) in [6, 6.07) is 5.79. The summed E-state index contributed by atoms with van der Waals surface area (Å²) in [6.07, 6.45) is 5.42. The molecule has 4 heterocycles. The smallest absolute Gasteiger partial charge is 0.424 e. The number of aromatic nitrogens is 4. The molecule has 0 bridgehead atoms. The minimum atomic E-state index is -0.943. The number of hydrogen-bond donors (Lipinski definition) is 1. The van der Waals surface area contributed by atoms with Crippen LogP contribution in [0.2, 0.25) is 0 Å². The van der Waals surface area contributed by atoms with Crippen LogP contribution < -0.4 is 10.2 Å². The van der Waals surface area contributed by atoms with E-state index in [0.717, 1.165) is 29.9 Å². The van der Waals surface area contributed by atoms with Gasteiger partial charge in [-0.15, -0.1) is 0 Å². The van der Waals surface area contributed by atoms with Crippen molar-refractivity contribution in [2.24, 2.45) is 0 Å². The number of carbonyl (C=O) groups excluding carboxylic acids is 3. The number of anilines is 3. The SMILES string of the molecule is Cc1c(-c2cc3cc(Nc4cc5n(n4)CC(=O)N(C4CC4)CC5)ncc3c(C)c2F)cncc1N(C(=O)OC(C)(C)C)C(=O)OC(C)(C)C. The van der Waals surface area contributed by atoms with E-state index in [-0.39, 0.29) is 23.7 Å². The van der Waals surface area contributed by atoms with Gasteiger partial charge >= 0.3 is 12.2 Å². The summed E-state index contributed by atoms with van der Waals surface area (Å²) >= 11 is 0. The number of nitrogens with one attached hydrogen (secondary N) is 1. The number of pyridine rings is 2. The minimum Gasteiger partial charge on any atom is -0.443 e. The maximum absolute atomic E-state index is 16.1. The van der Waals surface area contributed by atoms with Crippen LogP contribution in [0.1, 0.15) is 71.2 Å². The zero-order valence-electron chi connectivity index (χ0n) is 29.2. The van der Waals surface area contributed by atoms with E-state index in [2.05, 4.69) is 20.4 Å². The van der Waals surface area contributed by atoms with Gasteiger partial charge < -0.3 is 19.7 Å². The molecule has 12 nitrogen and oxygen atoms in total. The number of halogens is 1. The van der Waals surface area contributed by atoms with Gasteiger partial charge in [0.25, 0.3) is 0 Å². The van der Waals surface area contributed by atoms with Crippen LogP contribution >= 0.6 is 0 Å². The Morgan fingerprint density at radius 1 is 0.918 bits per heavy atom. The number of nitrogens with zero attached hydrogens (tertiary/aromatic N) is 6. The molecule has 0 spiro atoms. The molecule has 2 aliphatic rings. The van der Waals surface area contributed by atoms with Gasteiger partial charge in [-0.1, -0.05) is 0 Å². The second-order valence-electron chi connectivity index (χ2n) is 14.7. The summed E-state index contributed by atoms with van der Waals surface area (Å²) in [5, 5.41) is 9.18. The van der Waals surface area contributed by atoms with E-state index in [4.69, 9.17) is 9.47 Å². The van der Waals surface area contributed by atoms with Gasteiger partial charge in [-0.05, 0) is 96.9 Å². The Hall–Kier alpha value is -5.07. The highest BCUT2D eigenvalue weighted by atomic mass is 19.1. The monoisotopic (exact) mass is 671 g/mol. The fraction of sp³-hybridized carbons (Fsp3) is 0.444. The van der Waals surface area contributed by atoms with E-state index in [1.165, 1.54) is 12.4 Å². The van der Waals surface area contributed by atoms with Gasteiger partial charge in [0.05, 0.1) is 11.9 Å². The van der Waals surface area contributed by atoms with Crippen LogP contribution in [-0.4, -0.2) is 66.5 Å². The van der Waals surface area contributed by atoms with Crippen molar-refractivity contribution in [2.75, 3.05) is 16.8 Å². The van der Waals surface area contributed by atoms with Crippen LogP contribution in [0.25, 0.3) is 21.9 Å². The van der Waals surface area contributed by atoms with E-state index >= 15 is 4.39 Å². The average molecular weight is 672 g/mol. The summed E-state index contributed by atoms with van der Waals surface area (Å²) in [5.41, 5.74) is 0.679. The number of carbonyl (C=O) groups is 3. The van der Waals surface area contributed by atoms with Crippen LogP contribution in [-0.2, 0) is 27.2 Å². The third-order valence-electron chi connectivity index (χ3n) is 8.40. The molecule has 4 aromatic rings. The van der Waals surface area contributed by atoms with Crippen molar-refractivity contribution in [2.45, 2.75) is 98.4 Å². The second-order valence-corrected chi connectivity index (χ2v) is 14.7. The molecule has 49 heavy (non-hydrogen) atoms. The molecule has 1 aliphatic carbocycles. The fourth-order valence-corrected chi connectivity index (χ4v) is 5.94. The van der Waals surface area contributed by atoms with Crippen LogP contribution in [0.4, 0.5) is 31.3 Å². The van der Waals surface area contributed by atoms with Gasteiger partial charge in [0.15, 0.2) is 5.82 Å². The summed E-state index contributed by atoms with van der Waals surface area (Å²) in [7, 11) is 0. The topological polar surface area (TPSA) is 132 Å². The van der Waals surface area contributed by atoms with Crippen molar-refractivity contribution in [1.82, 2.24) is 24.6 Å². The lowest BCUT2D eigenvalue weighted by Crippen LogP contribution is -2.44. The standard InChI is InChI=1S/C36H42FN7O5/c1-20-27(16-38-18-28(20)44(33(46)48-35(3,4)5)34(47)49-36(6,7)8)25-13-22-14-29(39-17-26(22)21(2)32(25)37)40-30-15-24-11-12-42(23-9-10-23)31(45)19-43(24)41-30/h13-18,23H,9-12,19H2,1-8H3,(H,39,40,41). The zero-order chi connectivity index (χ0) is 35.4. The molecule has 1 aliphatic heterocycles. The Morgan fingerprint density at radius 2 is 1.59 bits per heavy atom. The highest BCUT2D eigenvalue weighted by molar-refractivity contribution is 6.10. The van der Waals surface area contributed by atoms with Crippen molar-refractivity contribution in [3.8, 4) is 11.1 Å². The van der Waals surface area contributed by atoms with E-state index in [1.54, 1.807) is 78.4 Å². The molecule has 13 heteroatoms. The maximum atomic E-state index is 16.1. The van der Waals surface area contributed by atoms with Gasteiger partial charge in [-0.25, -0.2) is 19.0 Å². The molecule has 1 fully saturated rings. The van der Waals surface area contributed by atoms with E-state index in [1.807, 2.05) is 11.0 Å². The molecule has 6 rings (SSSR count). The largest absolute Gasteiger partial charge is 0.443 e. The summed E-state index contributed by atoms with van der Waals surface area (Å²) in [5.74, 6) is 0.652. The van der Waals surface area contributed by atoms with Crippen LogP contribution in [0, 0.1) is 19.7 Å². The lowest BCUT2D eigenvalue weighted by molar-refractivity contribution is -0.132. The lowest BCUT2D eigenvalue weighted by Gasteiger charge is -2.29. The quantitative estimate of drug-likeness (QED) is 0.234. The summed E-state index contributed by atoms with van der Waals surface area (Å²) in [6.45, 7) is 14.4. The molecule has 3 amide bonds. The molecule has 1 saturated carbocycles. The van der Waals surface area contributed by atoms with Gasteiger partial charge in [0.1, 0.15) is 29.4 Å². The number of amides is 3. The van der Waals surface area contributed by atoms with Crippen molar-refractivity contribution in [1.29, 1.82) is 0 Å². The van der Waals surface area contributed by atoms with Crippen molar-refractivity contribution < 1.29 is 28.2 Å². The molecule has 1 N–H and O–H groups in total. The molecule has 0 atom stereocenters. The molecule has 0 unspecified atom stereocenters. The highest BCUT2D eigenvalue weighted by Gasteiger charge is 2.36. The molecular formula is C36H42FN7O5. The lowest BCUT2D eigenvalue weighted by atomic mass is 9.95. The van der Waals surface area contributed by atoms with Gasteiger partial charge in [-0.2, -0.15) is 10.00 Å². The molecule has 0 radical (unpaired) electrons. The van der Waals surface area contributed by atoms with E-state index in [9.17, 15) is 14.4 Å². The molecule has 258 valence electrons. The normalized spacial score (nSPS) is 15.1. The zero-order valence-corrected chi connectivity index (χ0v) is 29.2. The van der Waals surface area contributed by atoms with Gasteiger partial charge in [0.2, 0.25) is 5.91 Å². The molecular weight excluding hydrogens is 629 g/mol. The van der Waals surface area contributed by atoms with Gasteiger partial charge in [-0.3, -0.25) is 14.5 Å². The minimum absolute atomic E-state index is 0.0823. The van der Waals surface area contributed by atoms with E-state index in [0.29, 0.717) is 51.7 Å². The Morgan fingerprint density at radius 3 is 2.22 bits per heavy atom. The second kappa shape index (κ2) is 12.4. The number of ether oxygens (including phenoxy) is 2. The van der Waals surface area contributed by atoms with E-state index < -0.39 is 29.2 Å². The highest BCUT2D eigenvalue weighted by Crippen LogP contribution is 2.37. The first-order valence-electron chi connectivity index (χ1n) is 16.4. The summed E-state index contributed by atoms with van der Waals surface area (Å²) in [4.78, 5) is 51.1. The average Bonchev–Trinajstić information content (AvgIpc) is 3.77. The first kappa shape index (κ1) is 33.8. The van der Waals surface area contributed by atoms with Crippen molar-refractivity contribution in [3.05, 3.63) is 59.4 Å². The Kier molecular flexibility index (Phi) is 8.58. The number of fused-ring (bicyclic) bond motifs is 2. The Labute approximate surface area is 284 Å². The maximum Gasteiger partial charge on any atom is 0.424 e. The number of rotatable bonds is 5. The third kappa shape index (κ3) is 7.20. The molecule has 1 aromatic carbocycles. The predicted octanol–water partition coefficient (Wildman–Crippen LogP) is 7.22. The molecule has 0 saturated heterocycles. The van der Waals surface area contributed by atoms with Crippen molar-refractivity contribution >= 4 is 46.2 Å². The molecule has 3 aromatic heterocycles. The third-order valence-corrected chi connectivity index (χ3v) is 8.40. The van der Waals surface area contributed by atoms with Crippen LogP contribution in [0.15, 0.2) is 36.8 Å². The Bertz CT molecular complexity index is 1940. The van der Waals surface area contributed by atoms with Crippen LogP contribution in [0.3, 0.4) is 0 Å². The number of aryl methyl sites for hydroxylation is 1. The van der Waals surface area contributed by atoms with Crippen molar-refractivity contribution in [3.63, 3.8) is 0 Å². The van der Waals surface area contributed by atoms with Crippen LogP contribution in [0.5, 0.6) is 0 Å². The first-order valence-corrected chi connectivity index (χ1v) is 16.4.